The monoisotopic (exact) mass is 197 g/mol. The summed E-state index contributed by atoms with van der Waals surface area (Å²) in [5.74, 6) is -1.50. The molecule has 2 N–H and O–H groups in total. The quantitative estimate of drug-likeness (QED) is 0.366. The van der Waals surface area contributed by atoms with Gasteiger partial charge in [0.15, 0.2) is 0 Å². The van der Waals surface area contributed by atoms with Gasteiger partial charge in [0.1, 0.15) is 0 Å². The number of nitrogens with two attached hydrogens (primary N) is 1. The number of carbonyl (C=O) groups is 3. The van der Waals surface area contributed by atoms with E-state index in [0.29, 0.717) is 5.57 Å². The van der Waals surface area contributed by atoms with Crippen LogP contribution in [0.3, 0.4) is 0 Å². The number of hydrogen-bond acceptors (Lipinski definition) is 4. The average Bonchev–Trinajstić information content (AvgIpc) is 2.49. The van der Waals surface area contributed by atoms with Gasteiger partial charge in [0.05, 0.1) is 0 Å². The van der Waals surface area contributed by atoms with Crippen molar-refractivity contribution in [3.63, 3.8) is 0 Å². The van der Waals surface area contributed by atoms with E-state index >= 15 is 0 Å². The fourth-order valence-corrected chi connectivity index (χ4v) is 0.446. The number of rotatable bonds is 1. The first-order chi connectivity index (χ1) is 6.47. The zero-order valence-corrected chi connectivity index (χ0v) is 7.94. The summed E-state index contributed by atoms with van der Waals surface area (Å²) in [5, 5.41) is 0. The second kappa shape index (κ2) is 5.69. The summed E-state index contributed by atoms with van der Waals surface area (Å²) in [4.78, 5) is 29.9. The van der Waals surface area contributed by atoms with Crippen molar-refractivity contribution >= 4 is 17.8 Å². The van der Waals surface area contributed by atoms with Gasteiger partial charge in [-0.25, -0.2) is 9.59 Å². The summed E-state index contributed by atoms with van der Waals surface area (Å²) in [6, 6.07) is 0. The molecule has 0 saturated heterocycles. The van der Waals surface area contributed by atoms with Crippen molar-refractivity contribution < 1.29 is 19.1 Å². The molecule has 0 aromatic carbocycles. The normalized spacial score (nSPS) is 14.6. The molecule has 0 saturated carbocycles. The SMILES string of the molecule is C/C=C(\C)C(N)=O.O=C1C=CC(=O)O1. The molecular weight excluding hydrogens is 186 g/mol. The summed E-state index contributed by atoms with van der Waals surface area (Å²) >= 11 is 0. The summed E-state index contributed by atoms with van der Waals surface area (Å²) < 4.78 is 3.97. The molecule has 0 unspecified atom stereocenters. The van der Waals surface area contributed by atoms with Gasteiger partial charge < -0.3 is 10.5 Å². The van der Waals surface area contributed by atoms with Crippen LogP contribution in [0.1, 0.15) is 13.8 Å². The van der Waals surface area contributed by atoms with E-state index in [1.165, 1.54) is 0 Å². The van der Waals surface area contributed by atoms with Crippen LogP contribution in [-0.2, 0) is 19.1 Å². The first-order valence-electron chi connectivity index (χ1n) is 3.84. The maximum Gasteiger partial charge on any atom is 0.338 e. The third-order valence-corrected chi connectivity index (χ3v) is 1.38. The first kappa shape index (κ1) is 12.1. The maximum atomic E-state index is 10.1. The Kier molecular flexibility index (Phi) is 4.91. The smallest absolute Gasteiger partial charge is 0.338 e. The topological polar surface area (TPSA) is 86.5 Å². The molecule has 0 fully saturated rings. The Morgan fingerprint density at radius 3 is 1.86 bits per heavy atom. The lowest BCUT2D eigenvalue weighted by molar-refractivity contribution is -0.150. The van der Waals surface area contributed by atoms with Crippen molar-refractivity contribution in [2.24, 2.45) is 5.73 Å². The summed E-state index contributed by atoms with van der Waals surface area (Å²) in [7, 11) is 0. The van der Waals surface area contributed by atoms with E-state index in [1.807, 2.05) is 0 Å². The van der Waals surface area contributed by atoms with Gasteiger partial charge in [-0.2, -0.15) is 0 Å². The van der Waals surface area contributed by atoms with Crippen LogP contribution in [-0.4, -0.2) is 17.8 Å². The fourth-order valence-electron chi connectivity index (χ4n) is 0.446. The van der Waals surface area contributed by atoms with Gasteiger partial charge in [-0.15, -0.1) is 0 Å². The fraction of sp³-hybridized carbons (Fsp3) is 0.222. The minimum Gasteiger partial charge on any atom is -0.387 e. The Labute approximate surface area is 81.2 Å². The largest absolute Gasteiger partial charge is 0.387 e. The number of carbonyl (C=O) groups excluding carboxylic acids is 3. The number of esters is 2. The van der Waals surface area contributed by atoms with Crippen molar-refractivity contribution in [3.05, 3.63) is 23.8 Å². The van der Waals surface area contributed by atoms with E-state index in [4.69, 9.17) is 5.73 Å². The van der Waals surface area contributed by atoms with Gasteiger partial charge in [0, 0.05) is 17.7 Å². The van der Waals surface area contributed by atoms with Crippen LogP contribution in [0, 0.1) is 0 Å². The molecule has 14 heavy (non-hydrogen) atoms. The number of hydrogen-bond donors (Lipinski definition) is 1. The number of ether oxygens (including phenoxy) is 1. The molecule has 1 aliphatic heterocycles. The summed E-state index contributed by atoms with van der Waals surface area (Å²) in [6.07, 6.45) is 3.85. The molecule has 1 heterocycles. The van der Waals surface area contributed by atoms with Gasteiger partial charge in [-0.3, -0.25) is 4.79 Å². The minimum absolute atomic E-state index is 0.345. The second-order valence-corrected chi connectivity index (χ2v) is 2.41. The number of cyclic esters (lactones) is 2. The molecule has 0 aromatic heterocycles. The maximum absolute atomic E-state index is 10.1. The number of primary amides is 1. The molecule has 1 rings (SSSR count). The molecule has 0 atom stereocenters. The standard InChI is InChI=1S/C5H9NO.C4H2O3/c1-3-4(2)5(6)7;5-3-1-2-4(6)7-3/h3H,1-2H3,(H2,6,7);1-2H/b4-3+;. The van der Waals surface area contributed by atoms with Crippen LogP contribution in [0.15, 0.2) is 23.8 Å². The van der Waals surface area contributed by atoms with Gasteiger partial charge in [0.2, 0.25) is 5.91 Å². The van der Waals surface area contributed by atoms with E-state index in [0.717, 1.165) is 12.2 Å². The van der Waals surface area contributed by atoms with E-state index in [9.17, 15) is 14.4 Å². The van der Waals surface area contributed by atoms with Crippen molar-refractivity contribution in [3.8, 4) is 0 Å². The Hall–Kier alpha value is -1.91. The third-order valence-electron chi connectivity index (χ3n) is 1.38. The first-order valence-corrected chi connectivity index (χ1v) is 3.84. The Bertz CT molecular complexity index is 296. The van der Waals surface area contributed by atoms with Gasteiger partial charge in [-0.05, 0) is 13.8 Å². The molecule has 5 heteroatoms. The highest BCUT2D eigenvalue weighted by molar-refractivity contribution is 6.04. The molecule has 1 aliphatic rings. The van der Waals surface area contributed by atoms with E-state index in [-0.39, 0.29) is 5.91 Å². The highest BCUT2D eigenvalue weighted by Crippen LogP contribution is 1.92. The molecule has 1 amide bonds. The van der Waals surface area contributed by atoms with Gasteiger partial charge >= 0.3 is 11.9 Å². The van der Waals surface area contributed by atoms with Crippen molar-refractivity contribution in [1.29, 1.82) is 0 Å². The average molecular weight is 197 g/mol. The molecule has 76 valence electrons. The van der Waals surface area contributed by atoms with Crippen LogP contribution in [0.2, 0.25) is 0 Å². The highest BCUT2D eigenvalue weighted by atomic mass is 16.6. The predicted molar refractivity (Wildman–Crippen MR) is 48.9 cm³/mol. The van der Waals surface area contributed by atoms with E-state index in [2.05, 4.69) is 4.74 Å². The summed E-state index contributed by atoms with van der Waals surface area (Å²) in [6.45, 7) is 3.46. The minimum atomic E-state index is -0.579. The van der Waals surface area contributed by atoms with Crippen LogP contribution < -0.4 is 5.73 Å². The molecule has 0 aliphatic carbocycles. The van der Waals surface area contributed by atoms with Crippen molar-refractivity contribution in [2.75, 3.05) is 0 Å². The van der Waals surface area contributed by atoms with E-state index < -0.39 is 11.9 Å². The van der Waals surface area contributed by atoms with Gasteiger partial charge in [0.25, 0.3) is 0 Å². The second-order valence-electron chi connectivity index (χ2n) is 2.41. The highest BCUT2D eigenvalue weighted by Gasteiger charge is 2.10. The Morgan fingerprint density at radius 1 is 1.36 bits per heavy atom. The molecule has 0 spiro atoms. The molecular formula is C9H11NO4. The lowest BCUT2D eigenvalue weighted by atomic mass is 10.3. The zero-order chi connectivity index (χ0) is 11.1. The van der Waals surface area contributed by atoms with Crippen LogP contribution >= 0.6 is 0 Å². The Morgan fingerprint density at radius 2 is 1.79 bits per heavy atom. The van der Waals surface area contributed by atoms with Crippen LogP contribution in [0.25, 0.3) is 0 Å². The molecule has 0 radical (unpaired) electrons. The zero-order valence-electron chi connectivity index (χ0n) is 7.94. The van der Waals surface area contributed by atoms with Crippen LogP contribution in [0.4, 0.5) is 0 Å². The van der Waals surface area contributed by atoms with E-state index in [1.54, 1.807) is 19.9 Å². The van der Waals surface area contributed by atoms with Crippen molar-refractivity contribution in [1.82, 2.24) is 0 Å². The third kappa shape index (κ3) is 4.87. The summed E-state index contributed by atoms with van der Waals surface area (Å²) in [5.41, 5.74) is 5.45. The predicted octanol–water partition coefficient (Wildman–Crippen LogP) is 0.0639. The lowest BCUT2D eigenvalue weighted by Crippen LogP contribution is -2.10. The molecule has 0 aromatic rings. The lowest BCUT2D eigenvalue weighted by Gasteiger charge is -1.85. The van der Waals surface area contributed by atoms with Crippen LogP contribution in [0.5, 0.6) is 0 Å². The van der Waals surface area contributed by atoms with Gasteiger partial charge in [-0.1, -0.05) is 6.08 Å². The Balaban J connectivity index is 0.000000241. The number of allylic oxidation sites excluding steroid dienone is 1. The van der Waals surface area contributed by atoms with Crippen molar-refractivity contribution in [2.45, 2.75) is 13.8 Å². The molecule has 5 nitrogen and oxygen atoms in total. The number of amides is 1. The molecule has 0 bridgehead atoms.